The van der Waals surface area contributed by atoms with Crippen molar-refractivity contribution in [1.82, 2.24) is 0 Å². The van der Waals surface area contributed by atoms with Gasteiger partial charge in [-0.25, -0.2) is 12.2 Å². The molecule has 0 atom stereocenters. The van der Waals surface area contributed by atoms with Crippen LogP contribution in [0.2, 0.25) is 0 Å². The van der Waals surface area contributed by atoms with Gasteiger partial charge in [-0.05, 0) is 20.8 Å². The van der Waals surface area contributed by atoms with Crippen molar-refractivity contribution in [2.45, 2.75) is 27.2 Å². The van der Waals surface area contributed by atoms with Crippen LogP contribution in [-0.4, -0.2) is 50.9 Å². The van der Waals surface area contributed by atoms with Gasteiger partial charge < -0.3 is 15.3 Å². The zero-order valence-corrected chi connectivity index (χ0v) is 16.1. The Balaban J connectivity index is -0.0000000435. The molecule has 0 saturated heterocycles. The molecule has 19 heavy (non-hydrogen) atoms. The quantitative estimate of drug-likeness (QED) is 0.413. The molecule has 1 aliphatic carbocycles. The summed E-state index contributed by atoms with van der Waals surface area (Å²) < 4.78 is 29.5. The Morgan fingerprint density at radius 3 is 1.32 bits per heavy atom. The standard InChI is InChI=1S/C5H5.3C2H6O.F3Ge.Zr/c1-2-4-5-3-1;3*1-2-3;1-4(2)3;/h1-3H,4H2;3*3H,2H2,1H3;;/q-1;;;;;. The molecule has 0 unspecified atom stereocenters. The molecule has 0 saturated carbocycles. The van der Waals surface area contributed by atoms with E-state index < -0.39 is 15.7 Å². The molecule has 0 bridgehead atoms. The number of hydrogen-bond donors (Lipinski definition) is 3. The first-order chi connectivity index (χ1) is 8.47. The molecule has 8 heteroatoms. The average Bonchev–Trinajstić information content (AvgIpc) is 2.76. The molecule has 115 valence electrons. The smallest absolute Gasteiger partial charge is 0 e. The van der Waals surface area contributed by atoms with Gasteiger partial charge in [0.1, 0.15) is 0 Å². The van der Waals surface area contributed by atoms with Crippen LogP contribution in [0.4, 0.5) is 10.5 Å². The van der Waals surface area contributed by atoms with Crippen molar-refractivity contribution < 1.29 is 52.0 Å². The second-order valence-corrected chi connectivity index (χ2v) is 3.07. The largest absolute Gasteiger partial charge is 0 e. The van der Waals surface area contributed by atoms with E-state index >= 15 is 0 Å². The Morgan fingerprint density at radius 2 is 1.26 bits per heavy atom. The van der Waals surface area contributed by atoms with Crippen LogP contribution >= 0.6 is 0 Å². The predicted octanol–water partition coefficient (Wildman–Crippen LogP) is 2.18. The summed E-state index contributed by atoms with van der Waals surface area (Å²) in [4.78, 5) is 0. The first-order valence-corrected chi connectivity index (χ1v) is 7.73. The summed E-state index contributed by atoms with van der Waals surface area (Å²) in [6, 6.07) is 0. The molecule has 0 aliphatic heterocycles. The Morgan fingerprint density at radius 1 is 1.00 bits per heavy atom. The molecule has 0 heterocycles. The van der Waals surface area contributed by atoms with Crippen LogP contribution in [-0.2, 0) is 26.2 Å². The molecule has 3 nitrogen and oxygen atoms in total. The number of aliphatic hydroxyl groups is 3. The Labute approximate surface area is 138 Å². The first kappa shape index (κ1) is 31.8. The topological polar surface area (TPSA) is 60.7 Å². The van der Waals surface area contributed by atoms with Crippen LogP contribution in [0.3, 0.4) is 0 Å². The van der Waals surface area contributed by atoms with Gasteiger partial charge in [-0.3, -0.25) is 6.08 Å². The van der Waals surface area contributed by atoms with E-state index in [9.17, 15) is 10.5 Å². The van der Waals surface area contributed by atoms with Crippen molar-refractivity contribution >= 4 is 15.7 Å². The number of allylic oxidation sites excluding steroid dienone is 4. The monoisotopic (exact) mass is 424 g/mol. The zero-order valence-electron chi connectivity index (χ0n) is 11.5. The van der Waals surface area contributed by atoms with Crippen LogP contribution < -0.4 is 0 Å². The van der Waals surface area contributed by atoms with E-state index in [2.05, 4.69) is 12.2 Å². The van der Waals surface area contributed by atoms with Gasteiger partial charge in [0.15, 0.2) is 0 Å². The second-order valence-electron chi connectivity index (χ2n) is 2.17. The van der Waals surface area contributed by atoms with Crippen molar-refractivity contribution in [3.8, 4) is 0 Å². The predicted molar refractivity (Wildman–Crippen MR) is 68.9 cm³/mol. The van der Waals surface area contributed by atoms with Gasteiger partial charge in [-0.15, -0.1) is 6.42 Å². The number of halogens is 3. The zero-order chi connectivity index (χ0) is 15.2. The van der Waals surface area contributed by atoms with E-state index in [0.29, 0.717) is 0 Å². The van der Waals surface area contributed by atoms with Crippen LogP contribution in [0.25, 0.3) is 0 Å². The van der Waals surface area contributed by atoms with Gasteiger partial charge in [-0.2, -0.15) is 6.08 Å². The molecule has 0 aromatic rings. The third kappa shape index (κ3) is 164. The molecule has 0 amide bonds. The molecule has 1 radical (unpaired) electrons. The summed E-state index contributed by atoms with van der Waals surface area (Å²) >= 11 is -4.83. The summed E-state index contributed by atoms with van der Waals surface area (Å²) in [6.07, 6.45) is 10.0. The SMILES string of the molecule is CCO.CCO.CCO.[C-]1=CC=CC1.[F][Ge]([F])[F].[Zr]. The fraction of sp³-hybridized carbons (Fsp3) is 0.636. The van der Waals surface area contributed by atoms with Crippen molar-refractivity contribution in [1.29, 1.82) is 0 Å². The minimum atomic E-state index is -4.83. The van der Waals surface area contributed by atoms with Gasteiger partial charge >= 0.3 is 26.2 Å². The maximum Gasteiger partial charge on any atom is 0 e. The van der Waals surface area contributed by atoms with Gasteiger partial charge in [-0.1, -0.05) is 0 Å². The van der Waals surface area contributed by atoms with Crippen molar-refractivity contribution in [2.75, 3.05) is 19.8 Å². The molecule has 0 aromatic carbocycles. The summed E-state index contributed by atoms with van der Waals surface area (Å²) in [5.74, 6) is 0. The molecule has 3 N–H and O–H groups in total. The van der Waals surface area contributed by atoms with Gasteiger partial charge in [0.25, 0.3) is 0 Å². The van der Waals surface area contributed by atoms with Crippen LogP contribution in [0.5, 0.6) is 0 Å². The third-order valence-corrected chi connectivity index (χ3v) is 0.586. The van der Waals surface area contributed by atoms with Gasteiger partial charge in [0.2, 0.25) is 0 Å². The fourth-order valence-corrected chi connectivity index (χ4v) is 0.340. The molecule has 1 rings (SSSR count). The van der Waals surface area contributed by atoms with Crippen molar-refractivity contribution in [3.63, 3.8) is 0 Å². The van der Waals surface area contributed by atoms with Crippen LogP contribution in [0, 0.1) is 6.08 Å². The Kier molecular flexibility index (Phi) is 71.7. The molecular formula is C11H23F3GeO3Zr-. The average molecular weight is 424 g/mol. The van der Waals surface area contributed by atoms with Crippen LogP contribution in [0.15, 0.2) is 18.2 Å². The Bertz CT molecular complexity index is 145. The molecule has 0 fully saturated rings. The number of hydrogen-bond acceptors (Lipinski definition) is 3. The minimum Gasteiger partial charge on any atom is 0 e. The van der Waals surface area contributed by atoms with Crippen molar-refractivity contribution in [2.24, 2.45) is 0 Å². The normalized spacial score (nSPS) is 9.37. The summed E-state index contributed by atoms with van der Waals surface area (Å²) in [7, 11) is 0. The van der Waals surface area contributed by atoms with E-state index in [1.54, 1.807) is 20.8 Å². The Hall–Kier alpha value is 0.576. The van der Waals surface area contributed by atoms with Crippen LogP contribution in [0.1, 0.15) is 27.2 Å². The first-order valence-electron chi connectivity index (χ1n) is 5.35. The van der Waals surface area contributed by atoms with E-state index in [1.165, 1.54) is 0 Å². The minimum absolute atomic E-state index is 0. The maximum atomic E-state index is 9.83. The molecular weight excluding hydrogens is 401 g/mol. The second kappa shape index (κ2) is 42.8. The maximum absolute atomic E-state index is 9.83. The molecule has 0 aromatic heterocycles. The molecule has 0 spiro atoms. The third-order valence-electron chi connectivity index (χ3n) is 0.586. The van der Waals surface area contributed by atoms with E-state index in [4.69, 9.17) is 15.3 Å². The van der Waals surface area contributed by atoms with E-state index in [0.717, 1.165) is 6.42 Å². The summed E-state index contributed by atoms with van der Waals surface area (Å²) in [5, 5.41) is 22.7. The number of aliphatic hydroxyl groups excluding tert-OH is 3. The van der Waals surface area contributed by atoms with E-state index in [1.807, 2.05) is 12.2 Å². The summed E-state index contributed by atoms with van der Waals surface area (Å²) in [6.45, 7) is 5.79. The molecule has 1 aliphatic rings. The fourth-order valence-electron chi connectivity index (χ4n) is 0.340. The van der Waals surface area contributed by atoms with Crippen molar-refractivity contribution in [3.05, 3.63) is 24.3 Å². The summed E-state index contributed by atoms with van der Waals surface area (Å²) in [5.41, 5.74) is 0. The van der Waals surface area contributed by atoms with Gasteiger partial charge in [0.05, 0.1) is 0 Å². The van der Waals surface area contributed by atoms with Gasteiger partial charge in [0, 0.05) is 46.0 Å². The number of rotatable bonds is 0. The van der Waals surface area contributed by atoms with E-state index in [-0.39, 0.29) is 46.0 Å².